The molecule has 3 aromatic rings. The number of aromatic nitrogens is 3. The van der Waals surface area contributed by atoms with E-state index in [1.54, 1.807) is 16.8 Å². The van der Waals surface area contributed by atoms with Gasteiger partial charge in [0.15, 0.2) is 5.65 Å². The quantitative estimate of drug-likeness (QED) is 0.721. The summed E-state index contributed by atoms with van der Waals surface area (Å²) < 4.78 is 7.21. The Kier molecular flexibility index (Phi) is 5.15. The molecule has 3 aromatic heterocycles. The van der Waals surface area contributed by atoms with E-state index in [0.29, 0.717) is 37.4 Å². The number of rotatable bonds is 5. The van der Waals surface area contributed by atoms with Crippen LogP contribution in [0.15, 0.2) is 34.9 Å². The standard InChI is InChI=1S/C20H25N5O3/c1-14-10-19-21-18(11-15(2)25(19)22-14)20(27)24-7-6-23(16(12-24)5-8-26)13-17-4-3-9-28-17/h3-4,9-11,16,26H,5-8,12-13H2,1-2H3/t16-/m1/s1. The Morgan fingerprint density at radius 3 is 2.93 bits per heavy atom. The van der Waals surface area contributed by atoms with Crippen LogP contribution in [0.1, 0.15) is 34.1 Å². The zero-order valence-electron chi connectivity index (χ0n) is 16.2. The maximum absolute atomic E-state index is 13.1. The van der Waals surface area contributed by atoms with Gasteiger partial charge in [-0.1, -0.05) is 0 Å². The largest absolute Gasteiger partial charge is 0.468 e. The van der Waals surface area contributed by atoms with Crippen molar-refractivity contribution in [1.29, 1.82) is 0 Å². The Morgan fingerprint density at radius 2 is 2.18 bits per heavy atom. The van der Waals surface area contributed by atoms with Crippen molar-refractivity contribution in [3.05, 3.63) is 53.4 Å². The minimum absolute atomic E-state index is 0.0786. The molecule has 0 radical (unpaired) electrons. The third-order valence-electron chi connectivity index (χ3n) is 5.24. The number of hydrogen-bond donors (Lipinski definition) is 1. The highest BCUT2D eigenvalue weighted by Crippen LogP contribution is 2.19. The van der Waals surface area contributed by atoms with Gasteiger partial charge in [-0.15, -0.1) is 0 Å². The molecule has 28 heavy (non-hydrogen) atoms. The highest BCUT2D eigenvalue weighted by atomic mass is 16.3. The third kappa shape index (κ3) is 3.65. The normalized spacial score (nSPS) is 18.1. The van der Waals surface area contributed by atoms with Gasteiger partial charge in [0.2, 0.25) is 0 Å². The van der Waals surface area contributed by atoms with Crippen LogP contribution in [-0.4, -0.2) is 67.7 Å². The van der Waals surface area contributed by atoms with E-state index < -0.39 is 0 Å². The van der Waals surface area contributed by atoms with E-state index in [2.05, 4.69) is 15.0 Å². The lowest BCUT2D eigenvalue weighted by molar-refractivity contribution is 0.0369. The molecular formula is C20H25N5O3. The SMILES string of the molecule is Cc1cc2nc(C(=O)N3CCN(Cc4ccco4)[C@H](CCO)C3)cc(C)n2n1. The van der Waals surface area contributed by atoms with E-state index in [0.717, 1.165) is 23.7 Å². The van der Waals surface area contributed by atoms with Crippen LogP contribution in [0.3, 0.4) is 0 Å². The minimum atomic E-state index is -0.0787. The van der Waals surface area contributed by atoms with Crippen LogP contribution in [0.25, 0.3) is 5.65 Å². The molecular weight excluding hydrogens is 358 g/mol. The van der Waals surface area contributed by atoms with Crippen LogP contribution >= 0.6 is 0 Å². The number of carbonyl (C=O) groups excluding carboxylic acids is 1. The Bertz CT molecular complexity index is 966. The number of fused-ring (bicyclic) bond motifs is 1. The topological polar surface area (TPSA) is 87.1 Å². The highest BCUT2D eigenvalue weighted by molar-refractivity contribution is 5.93. The fraction of sp³-hybridized carbons (Fsp3) is 0.450. The first kappa shape index (κ1) is 18.6. The Balaban J connectivity index is 1.52. The van der Waals surface area contributed by atoms with Crippen molar-refractivity contribution in [3.8, 4) is 0 Å². The Hall–Kier alpha value is -2.71. The van der Waals surface area contributed by atoms with E-state index in [4.69, 9.17) is 4.42 Å². The number of carbonyl (C=O) groups is 1. The molecule has 4 heterocycles. The maximum atomic E-state index is 13.1. The smallest absolute Gasteiger partial charge is 0.272 e. The van der Waals surface area contributed by atoms with Crippen molar-refractivity contribution >= 4 is 11.6 Å². The van der Waals surface area contributed by atoms with Crippen molar-refractivity contribution in [1.82, 2.24) is 24.4 Å². The lowest BCUT2D eigenvalue weighted by atomic mass is 10.1. The van der Waals surface area contributed by atoms with Gasteiger partial charge in [-0.05, 0) is 38.5 Å². The molecule has 1 atom stereocenters. The van der Waals surface area contributed by atoms with Crippen LogP contribution in [0, 0.1) is 13.8 Å². The summed E-state index contributed by atoms with van der Waals surface area (Å²) in [4.78, 5) is 21.7. The van der Waals surface area contributed by atoms with Gasteiger partial charge >= 0.3 is 0 Å². The van der Waals surface area contributed by atoms with Gasteiger partial charge in [-0.2, -0.15) is 5.10 Å². The molecule has 148 valence electrons. The predicted molar refractivity (Wildman–Crippen MR) is 103 cm³/mol. The molecule has 8 nitrogen and oxygen atoms in total. The summed E-state index contributed by atoms with van der Waals surface area (Å²) in [7, 11) is 0. The molecule has 0 unspecified atom stereocenters. The van der Waals surface area contributed by atoms with Crippen LogP contribution in [-0.2, 0) is 6.54 Å². The molecule has 0 aromatic carbocycles. The molecule has 4 rings (SSSR count). The molecule has 1 aliphatic heterocycles. The van der Waals surface area contributed by atoms with Crippen LogP contribution in [0.2, 0.25) is 0 Å². The van der Waals surface area contributed by atoms with Crippen molar-refractivity contribution in [3.63, 3.8) is 0 Å². The zero-order chi connectivity index (χ0) is 19.7. The van der Waals surface area contributed by atoms with Gasteiger partial charge in [0.1, 0.15) is 11.5 Å². The summed E-state index contributed by atoms with van der Waals surface area (Å²) in [5.41, 5.74) is 2.87. The van der Waals surface area contributed by atoms with Gasteiger partial charge < -0.3 is 14.4 Å². The fourth-order valence-electron chi connectivity index (χ4n) is 3.82. The van der Waals surface area contributed by atoms with Gasteiger partial charge in [-0.3, -0.25) is 9.69 Å². The molecule has 0 bridgehead atoms. The number of piperazine rings is 1. The monoisotopic (exact) mass is 383 g/mol. The van der Waals surface area contributed by atoms with Crippen LogP contribution in [0.5, 0.6) is 0 Å². The lowest BCUT2D eigenvalue weighted by Gasteiger charge is -2.41. The lowest BCUT2D eigenvalue weighted by Crippen LogP contribution is -2.54. The second-order valence-corrected chi connectivity index (χ2v) is 7.31. The van der Waals surface area contributed by atoms with E-state index in [1.807, 2.05) is 36.9 Å². The minimum Gasteiger partial charge on any atom is -0.468 e. The molecule has 0 spiro atoms. The van der Waals surface area contributed by atoms with E-state index >= 15 is 0 Å². The van der Waals surface area contributed by atoms with E-state index in [-0.39, 0.29) is 18.6 Å². The first-order valence-electron chi connectivity index (χ1n) is 9.56. The Morgan fingerprint density at radius 1 is 1.32 bits per heavy atom. The average molecular weight is 383 g/mol. The first-order chi connectivity index (χ1) is 13.5. The molecule has 1 aliphatic rings. The van der Waals surface area contributed by atoms with Crippen molar-refractivity contribution in [2.75, 3.05) is 26.2 Å². The molecule has 1 amide bonds. The molecule has 1 N–H and O–H groups in total. The third-order valence-corrected chi connectivity index (χ3v) is 5.24. The molecule has 1 fully saturated rings. The number of aliphatic hydroxyl groups excluding tert-OH is 1. The van der Waals surface area contributed by atoms with Crippen molar-refractivity contribution < 1.29 is 14.3 Å². The van der Waals surface area contributed by atoms with Gasteiger partial charge in [0.25, 0.3) is 5.91 Å². The summed E-state index contributed by atoms with van der Waals surface area (Å²) in [6.07, 6.45) is 2.27. The second-order valence-electron chi connectivity index (χ2n) is 7.31. The predicted octanol–water partition coefficient (Wildman–Crippen LogP) is 1.65. The molecule has 8 heteroatoms. The highest BCUT2D eigenvalue weighted by Gasteiger charge is 2.31. The fourth-order valence-corrected chi connectivity index (χ4v) is 3.82. The molecule has 0 aliphatic carbocycles. The van der Waals surface area contributed by atoms with Crippen molar-refractivity contribution in [2.45, 2.75) is 32.9 Å². The summed E-state index contributed by atoms with van der Waals surface area (Å²) >= 11 is 0. The number of nitrogens with zero attached hydrogens (tertiary/aromatic N) is 5. The number of aliphatic hydroxyl groups is 1. The van der Waals surface area contributed by atoms with Crippen LogP contribution < -0.4 is 0 Å². The number of amides is 1. The van der Waals surface area contributed by atoms with E-state index in [1.165, 1.54) is 0 Å². The Labute approximate surface area is 163 Å². The van der Waals surface area contributed by atoms with Gasteiger partial charge in [0.05, 0.1) is 18.5 Å². The summed E-state index contributed by atoms with van der Waals surface area (Å²) in [6.45, 7) is 6.50. The number of furan rings is 1. The molecule has 0 saturated carbocycles. The van der Waals surface area contributed by atoms with Crippen LogP contribution in [0.4, 0.5) is 0 Å². The second kappa shape index (κ2) is 7.73. The number of aryl methyl sites for hydroxylation is 2. The van der Waals surface area contributed by atoms with Gasteiger partial charge in [-0.25, -0.2) is 9.50 Å². The molecule has 1 saturated heterocycles. The number of hydrogen-bond acceptors (Lipinski definition) is 6. The summed E-state index contributed by atoms with van der Waals surface area (Å²) in [5.74, 6) is 0.812. The first-order valence-corrected chi connectivity index (χ1v) is 9.56. The zero-order valence-corrected chi connectivity index (χ0v) is 16.2. The van der Waals surface area contributed by atoms with Gasteiger partial charge in [0, 0.05) is 44.0 Å². The van der Waals surface area contributed by atoms with E-state index in [9.17, 15) is 9.90 Å². The maximum Gasteiger partial charge on any atom is 0.272 e. The summed E-state index contributed by atoms with van der Waals surface area (Å²) in [6, 6.07) is 7.56. The summed E-state index contributed by atoms with van der Waals surface area (Å²) in [5, 5.41) is 13.9. The average Bonchev–Trinajstić information content (AvgIpc) is 3.31. The van der Waals surface area contributed by atoms with Crippen molar-refractivity contribution in [2.24, 2.45) is 0 Å².